The summed E-state index contributed by atoms with van der Waals surface area (Å²) >= 11 is 0. The monoisotopic (exact) mass is 434 g/mol. The zero-order valence-corrected chi connectivity index (χ0v) is 18.1. The highest BCUT2D eigenvalue weighted by Crippen LogP contribution is 2.36. The van der Waals surface area contributed by atoms with Crippen LogP contribution in [-0.2, 0) is 16.1 Å². The van der Waals surface area contributed by atoms with E-state index in [1.54, 1.807) is 6.07 Å². The van der Waals surface area contributed by atoms with Gasteiger partial charge < -0.3 is 19.6 Å². The van der Waals surface area contributed by atoms with E-state index in [4.69, 9.17) is 4.74 Å². The molecule has 1 fully saturated rings. The van der Waals surface area contributed by atoms with Crippen LogP contribution in [0.3, 0.4) is 0 Å². The van der Waals surface area contributed by atoms with Gasteiger partial charge in [0, 0.05) is 48.2 Å². The summed E-state index contributed by atoms with van der Waals surface area (Å²) in [5.74, 6) is -0.148. The number of amides is 1. The molecule has 8 heteroatoms. The van der Waals surface area contributed by atoms with E-state index in [0.29, 0.717) is 24.7 Å². The van der Waals surface area contributed by atoms with Crippen molar-refractivity contribution in [3.63, 3.8) is 0 Å². The Morgan fingerprint density at radius 3 is 2.75 bits per heavy atom. The first-order chi connectivity index (χ1) is 15.5. The zero-order chi connectivity index (χ0) is 22.4. The Kier molecular flexibility index (Phi) is 5.09. The molecule has 2 aliphatic rings. The Morgan fingerprint density at radius 2 is 1.94 bits per heavy atom. The molecule has 2 aromatic heterocycles. The van der Waals surface area contributed by atoms with E-state index in [2.05, 4.69) is 15.2 Å². The molecule has 0 aliphatic carbocycles. The van der Waals surface area contributed by atoms with Crippen LogP contribution in [0.25, 0.3) is 10.9 Å². The average Bonchev–Trinajstić information content (AvgIpc) is 3.17. The lowest BCUT2D eigenvalue weighted by atomic mass is 9.82. The molecule has 166 valence electrons. The predicted octanol–water partition coefficient (Wildman–Crippen LogP) is 2.56. The van der Waals surface area contributed by atoms with Crippen LogP contribution in [0.15, 0.2) is 47.3 Å². The first kappa shape index (κ1) is 20.5. The predicted molar refractivity (Wildman–Crippen MR) is 121 cm³/mol. The number of aromatic amines is 1. The number of methoxy groups -OCH3 is 1. The summed E-state index contributed by atoms with van der Waals surface area (Å²) in [7, 11) is 1.32. The highest BCUT2D eigenvalue weighted by molar-refractivity contribution is 6.11. The minimum absolute atomic E-state index is 0.0473. The van der Waals surface area contributed by atoms with Crippen molar-refractivity contribution in [1.82, 2.24) is 14.5 Å². The van der Waals surface area contributed by atoms with Crippen molar-refractivity contribution in [2.45, 2.75) is 31.8 Å². The first-order valence-electron chi connectivity index (χ1n) is 10.9. The van der Waals surface area contributed by atoms with Crippen LogP contribution < -0.4 is 10.9 Å². The molecule has 1 aromatic carbocycles. The average molecular weight is 434 g/mol. The number of pyridine rings is 1. The van der Waals surface area contributed by atoms with E-state index in [9.17, 15) is 14.4 Å². The largest absolute Gasteiger partial charge is 0.464 e. The van der Waals surface area contributed by atoms with Gasteiger partial charge in [-0.25, -0.2) is 4.79 Å². The molecule has 5 rings (SSSR count). The number of carbonyl (C=O) groups excluding carboxylic acids is 2. The van der Waals surface area contributed by atoms with Crippen LogP contribution in [0, 0.1) is 5.92 Å². The third-order valence-electron chi connectivity index (χ3n) is 6.78. The molecule has 8 nitrogen and oxygen atoms in total. The van der Waals surface area contributed by atoms with Gasteiger partial charge in [0.1, 0.15) is 5.69 Å². The highest BCUT2D eigenvalue weighted by atomic mass is 16.5. The van der Waals surface area contributed by atoms with Crippen molar-refractivity contribution in [2.75, 3.05) is 25.5 Å². The quantitative estimate of drug-likeness (QED) is 0.616. The Bertz CT molecular complexity index is 1260. The molecule has 2 N–H and O–H groups in total. The Hall–Kier alpha value is -3.39. The van der Waals surface area contributed by atoms with E-state index in [1.807, 2.05) is 47.9 Å². The van der Waals surface area contributed by atoms with Crippen molar-refractivity contribution in [2.24, 2.45) is 5.92 Å². The van der Waals surface area contributed by atoms with E-state index >= 15 is 0 Å². The number of hydrogen-bond donors (Lipinski definition) is 2. The van der Waals surface area contributed by atoms with Crippen molar-refractivity contribution in [3.8, 4) is 0 Å². The maximum absolute atomic E-state index is 13.3. The summed E-state index contributed by atoms with van der Waals surface area (Å²) in [5, 5.41) is 3.73. The summed E-state index contributed by atoms with van der Waals surface area (Å²) in [6.45, 7) is 4.04. The standard InChI is InChI=1S/C24H26N4O4/c1-14(27-11-15-10-16(13-27)19-8-5-9-20(29)28(19)12-15)23(30)26-21-17-6-3-4-7-18(17)25-22(21)24(31)32-2/h3-9,14-16,25H,10-13H2,1-2H3,(H,26,30)/t14?,15-,16+/m0/s1. The molecule has 2 aliphatic heterocycles. The van der Waals surface area contributed by atoms with Crippen LogP contribution in [-0.4, -0.2) is 52.6 Å². The molecular formula is C24H26N4O4. The van der Waals surface area contributed by atoms with Gasteiger partial charge in [-0.1, -0.05) is 24.3 Å². The van der Waals surface area contributed by atoms with Crippen molar-refractivity contribution in [1.29, 1.82) is 0 Å². The molecule has 3 atom stereocenters. The highest BCUT2D eigenvalue weighted by Gasteiger charge is 2.37. The van der Waals surface area contributed by atoms with Gasteiger partial charge in [-0.15, -0.1) is 0 Å². The number of aromatic nitrogens is 2. The molecule has 1 saturated heterocycles. The maximum atomic E-state index is 13.3. The second-order valence-corrected chi connectivity index (χ2v) is 8.73. The number of benzene rings is 1. The van der Waals surface area contributed by atoms with E-state index < -0.39 is 5.97 Å². The lowest BCUT2D eigenvalue weighted by Gasteiger charge is -2.44. The number of H-pyrrole nitrogens is 1. The number of para-hydroxylation sites is 1. The molecule has 4 heterocycles. The molecule has 0 saturated carbocycles. The molecule has 1 amide bonds. The van der Waals surface area contributed by atoms with Crippen molar-refractivity contribution >= 4 is 28.5 Å². The Balaban J connectivity index is 1.39. The number of carbonyl (C=O) groups is 2. The van der Waals surface area contributed by atoms with Crippen molar-refractivity contribution < 1.29 is 14.3 Å². The number of esters is 1. The van der Waals surface area contributed by atoms with E-state index in [-0.39, 0.29) is 29.1 Å². The number of rotatable bonds is 4. The SMILES string of the molecule is COC(=O)c1[nH]c2ccccc2c1NC(=O)C(C)N1C[C@@H]2C[C@H](C1)c1cccc(=O)n1C2. The van der Waals surface area contributed by atoms with Gasteiger partial charge in [0.15, 0.2) is 0 Å². The maximum Gasteiger partial charge on any atom is 0.356 e. The normalized spacial score (nSPS) is 21.1. The molecule has 2 bridgehead atoms. The number of nitrogens with zero attached hydrogens (tertiary/aromatic N) is 2. The van der Waals surface area contributed by atoms with Crippen LogP contribution in [0.2, 0.25) is 0 Å². The van der Waals surface area contributed by atoms with Crippen LogP contribution in [0.1, 0.15) is 35.4 Å². The lowest BCUT2D eigenvalue weighted by Crippen LogP contribution is -2.52. The van der Waals surface area contributed by atoms with Gasteiger partial charge in [0.05, 0.1) is 18.8 Å². The second-order valence-electron chi connectivity index (χ2n) is 8.73. The number of piperidine rings is 1. The molecule has 0 radical (unpaired) electrons. The summed E-state index contributed by atoms with van der Waals surface area (Å²) < 4.78 is 6.78. The number of likely N-dealkylation sites (tertiary alicyclic amines) is 1. The van der Waals surface area contributed by atoms with Gasteiger partial charge in [-0.2, -0.15) is 0 Å². The number of nitrogens with one attached hydrogen (secondary N) is 2. The van der Waals surface area contributed by atoms with Gasteiger partial charge in [0.25, 0.3) is 5.56 Å². The smallest absolute Gasteiger partial charge is 0.356 e. The topological polar surface area (TPSA) is 96.4 Å². The number of anilines is 1. The molecule has 3 aromatic rings. The van der Waals surface area contributed by atoms with E-state index in [0.717, 1.165) is 29.6 Å². The zero-order valence-electron chi connectivity index (χ0n) is 18.1. The summed E-state index contributed by atoms with van der Waals surface area (Å²) in [4.78, 5) is 43.0. The molecule has 0 spiro atoms. The van der Waals surface area contributed by atoms with E-state index in [1.165, 1.54) is 7.11 Å². The number of fused-ring (bicyclic) bond motifs is 5. The Morgan fingerprint density at radius 1 is 1.12 bits per heavy atom. The Labute approximate surface area is 185 Å². The third kappa shape index (κ3) is 3.40. The minimum atomic E-state index is -0.529. The lowest BCUT2D eigenvalue weighted by molar-refractivity contribution is -0.121. The fourth-order valence-corrected chi connectivity index (χ4v) is 5.17. The van der Waals surface area contributed by atoms with Crippen LogP contribution >= 0.6 is 0 Å². The van der Waals surface area contributed by atoms with Crippen molar-refractivity contribution in [3.05, 3.63) is 64.2 Å². The molecular weight excluding hydrogens is 408 g/mol. The van der Waals surface area contributed by atoms with Crippen LogP contribution in [0.4, 0.5) is 5.69 Å². The summed E-state index contributed by atoms with van der Waals surface area (Å²) in [6.07, 6.45) is 1.03. The van der Waals surface area contributed by atoms with Gasteiger partial charge in [-0.3, -0.25) is 14.5 Å². The summed E-state index contributed by atoms with van der Waals surface area (Å²) in [5.41, 5.74) is 2.53. The second kappa shape index (κ2) is 7.94. The fourth-order valence-electron chi connectivity index (χ4n) is 5.17. The first-order valence-corrected chi connectivity index (χ1v) is 10.9. The van der Waals surface area contributed by atoms with Gasteiger partial charge >= 0.3 is 5.97 Å². The van der Waals surface area contributed by atoms with Gasteiger partial charge in [0.2, 0.25) is 5.91 Å². The third-order valence-corrected chi connectivity index (χ3v) is 6.78. The van der Waals surface area contributed by atoms with Crippen LogP contribution in [0.5, 0.6) is 0 Å². The molecule has 1 unspecified atom stereocenters. The molecule has 32 heavy (non-hydrogen) atoms. The number of hydrogen-bond acceptors (Lipinski definition) is 5. The number of ether oxygens (including phenoxy) is 1. The summed E-state index contributed by atoms with van der Waals surface area (Å²) in [6, 6.07) is 12.5. The fraction of sp³-hybridized carbons (Fsp3) is 0.375. The minimum Gasteiger partial charge on any atom is -0.464 e. The van der Waals surface area contributed by atoms with Gasteiger partial charge in [-0.05, 0) is 31.4 Å².